The molecule has 0 spiro atoms. The Balaban J connectivity index is 2.67. The highest BCUT2D eigenvalue weighted by Crippen LogP contribution is 2.30. The van der Waals surface area contributed by atoms with Gasteiger partial charge in [-0.1, -0.05) is 29.8 Å². The van der Waals surface area contributed by atoms with Crippen LogP contribution in [0.15, 0.2) is 0 Å². The number of sulfonamides is 1. The Labute approximate surface area is 88.7 Å². The molecule has 0 heterocycles. The zero-order valence-electron chi connectivity index (χ0n) is 8.03. The van der Waals surface area contributed by atoms with Crippen molar-refractivity contribution in [3.05, 3.63) is 0 Å². The van der Waals surface area contributed by atoms with Gasteiger partial charge >= 0.3 is 0 Å². The van der Waals surface area contributed by atoms with Gasteiger partial charge in [-0.15, -0.1) is 0 Å². The van der Waals surface area contributed by atoms with Crippen molar-refractivity contribution in [1.29, 1.82) is 0 Å². The van der Waals surface area contributed by atoms with E-state index in [9.17, 15) is 8.42 Å². The van der Waals surface area contributed by atoms with Crippen LogP contribution in [0.1, 0.15) is 26.7 Å². The minimum atomic E-state index is -3.04. The first kappa shape index (κ1) is 11.5. The largest absolute Gasteiger partial charge is 0.224 e. The second-order valence-electron chi connectivity index (χ2n) is 3.92. The molecule has 1 aliphatic carbocycles. The van der Waals surface area contributed by atoms with Crippen molar-refractivity contribution in [3.63, 3.8) is 0 Å². The molecule has 1 rings (SSSR count). The van der Waals surface area contributed by atoms with E-state index in [1.165, 1.54) is 0 Å². The van der Waals surface area contributed by atoms with Crippen LogP contribution in [0.5, 0.6) is 0 Å². The lowest BCUT2D eigenvalue weighted by atomic mass is 10.2. The first-order chi connectivity index (χ1) is 5.97. The normalized spacial score (nSPS) is 18.5. The molecule has 0 aromatic carbocycles. The van der Waals surface area contributed by atoms with Gasteiger partial charge in [-0.05, 0) is 18.8 Å². The fraction of sp³-hybridized carbons (Fsp3) is 1.00. The van der Waals surface area contributed by atoms with E-state index in [-0.39, 0.29) is 10.7 Å². The monoisotopic (exact) mass is 269 g/mol. The fourth-order valence-corrected chi connectivity index (χ4v) is 3.38. The summed E-state index contributed by atoms with van der Waals surface area (Å²) in [6.45, 7) is 4.73. The first-order valence-electron chi connectivity index (χ1n) is 4.53. The van der Waals surface area contributed by atoms with Gasteiger partial charge in [0, 0.05) is 12.6 Å². The molecular formula is C8H16BrNO2S. The molecule has 1 aliphatic rings. The summed E-state index contributed by atoms with van der Waals surface area (Å²) in [4.78, 5) is 0. The molecule has 0 N–H and O–H groups in total. The summed E-state index contributed by atoms with van der Waals surface area (Å²) < 4.78 is 24.9. The third-order valence-corrected chi connectivity index (χ3v) is 5.17. The van der Waals surface area contributed by atoms with Crippen LogP contribution < -0.4 is 0 Å². The van der Waals surface area contributed by atoms with Gasteiger partial charge in [0.2, 0.25) is 10.0 Å². The van der Waals surface area contributed by atoms with E-state index in [4.69, 9.17) is 0 Å². The number of hydrogen-bond donors (Lipinski definition) is 0. The highest BCUT2D eigenvalue weighted by atomic mass is 79.9. The van der Waals surface area contributed by atoms with Crippen molar-refractivity contribution in [3.8, 4) is 0 Å². The Hall–Kier alpha value is 0.390. The molecule has 1 saturated carbocycles. The van der Waals surface area contributed by atoms with E-state index in [0.29, 0.717) is 12.5 Å². The van der Waals surface area contributed by atoms with E-state index in [1.54, 1.807) is 4.31 Å². The molecule has 0 atom stereocenters. The SMILES string of the molecule is CC(C)CN(C1CC1)S(=O)(=O)CBr. The Kier molecular flexibility index (Phi) is 3.77. The summed E-state index contributed by atoms with van der Waals surface area (Å²) in [6.07, 6.45) is 2.05. The third kappa shape index (κ3) is 3.22. The zero-order valence-corrected chi connectivity index (χ0v) is 10.4. The molecule has 0 amide bonds. The Bertz CT molecular complexity index is 259. The Morgan fingerprint density at radius 2 is 2.00 bits per heavy atom. The number of halogens is 1. The van der Waals surface area contributed by atoms with Gasteiger partial charge in [0.05, 0.1) is 0 Å². The Morgan fingerprint density at radius 1 is 1.46 bits per heavy atom. The molecule has 13 heavy (non-hydrogen) atoms. The molecule has 0 bridgehead atoms. The predicted octanol–water partition coefficient (Wildman–Crippen LogP) is 1.79. The maximum Gasteiger partial charge on any atom is 0.224 e. The van der Waals surface area contributed by atoms with E-state index >= 15 is 0 Å². The summed E-state index contributed by atoms with van der Waals surface area (Å²) in [5, 5.41) is 0. The second-order valence-corrected chi connectivity index (χ2v) is 7.14. The first-order valence-corrected chi connectivity index (χ1v) is 7.26. The summed E-state index contributed by atoms with van der Waals surface area (Å²) in [6, 6.07) is 0.282. The molecule has 0 radical (unpaired) electrons. The van der Waals surface area contributed by atoms with Gasteiger partial charge in [-0.25, -0.2) is 8.42 Å². The number of rotatable bonds is 5. The van der Waals surface area contributed by atoms with Gasteiger partial charge in [-0.3, -0.25) is 0 Å². The van der Waals surface area contributed by atoms with Crippen LogP contribution in [0.25, 0.3) is 0 Å². The number of hydrogen-bond acceptors (Lipinski definition) is 2. The van der Waals surface area contributed by atoms with E-state index < -0.39 is 10.0 Å². The number of alkyl halides is 1. The van der Waals surface area contributed by atoms with Crippen LogP contribution in [0.4, 0.5) is 0 Å². The van der Waals surface area contributed by atoms with Crippen LogP contribution in [0.3, 0.4) is 0 Å². The lowest BCUT2D eigenvalue weighted by molar-refractivity contribution is 0.362. The third-order valence-electron chi connectivity index (χ3n) is 1.99. The van der Waals surface area contributed by atoms with Gasteiger partial charge in [0.1, 0.15) is 4.66 Å². The van der Waals surface area contributed by atoms with E-state index in [2.05, 4.69) is 15.9 Å². The summed E-state index contributed by atoms with van der Waals surface area (Å²) in [5.74, 6) is 0.398. The quantitative estimate of drug-likeness (QED) is 0.714. The van der Waals surface area contributed by atoms with Crippen molar-refractivity contribution in [1.82, 2.24) is 4.31 Å². The van der Waals surface area contributed by atoms with Gasteiger partial charge in [0.15, 0.2) is 0 Å². The minimum absolute atomic E-state index is 0.0449. The van der Waals surface area contributed by atoms with E-state index in [1.807, 2.05) is 13.8 Å². The molecule has 0 aromatic heterocycles. The smallest absolute Gasteiger partial charge is 0.211 e. The average Bonchev–Trinajstić information content (AvgIpc) is 2.82. The van der Waals surface area contributed by atoms with Crippen molar-refractivity contribution in [2.24, 2.45) is 5.92 Å². The molecule has 0 saturated heterocycles. The second kappa shape index (κ2) is 4.28. The minimum Gasteiger partial charge on any atom is -0.211 e. The highest BCUT2D eigenvalue weighted by molar-refractivity contribution is 9.10. The summed E-state index contributed by atoms with van der Waals surface area (Å²) >= 11 is 3.03. The molecule has 0 unspecified atom stereocenters. The van der Waals surface area contributed by atoms with Crippen molar-refractivity contribution >= 4 is 26.0 Å². The van der Waals surface area contributed by atoms with Gasteiger partial charge in [0.25, 0.3) is 0 Å². The van der Waals surface area contributed by atoms with Gasteiger partial charge < -0.3 is 0 Å². The Morgan fingerprint density at radius 3 is 2.31 bits per heavy atom. The average molecular weight is 270 g/mol. The van der Waals surface area contributed by atoms with Crippen LogP contribution in [0.2, 0.25) is 0 Å². The lowest BCUT2D eigenvalue weighted by Gasteiger charge is -2.22. The molecule has 78 valence electrons. The maximum absolute atomic E-state index is 11.6. The van der Waals surface area contributed by atoms with Gasteiger partial charge in [-0.2, -0.15) is 4.31 Å². The molecule has 0 aliphatic heterocycles. The standard InChI is InChI=1S/C8H16BrNO2S/c1-7(2)5-10(8-3-4-8)13(11,12)6-9/h7-8H,3-6H2,1-2H3. The predicted molar refractivity (Wildman–Crippen MR) is 57.3 cm³/mol. The maximum atomic E-state index is 11.6. The number of nitrogens with zero attached hydrogens (tertiary/aromatic N) is 1. The molecule has 5 heteroatoms. The fourth-order valence-electron chi connectivity index (χ4n) is 1.27. The van der Waals surface area contributed by atoms with E-state index in [0.717, 1.165) is 12.8 Å². The zero-order chi connectivity index (χ0) is 10.1. The van der Waals surface area contributed by atoms with Crippen molar-refractivity contribution < 1.29 is 8.42 Å². The van der Waals surface area contributed by atoms with Crippen LogP contribution >= 0.6 is 15.9 Å². The van der Waals surface area contributed by atoms with Crippen LogP contribution in [0, 0.1) is 5.92 Å². The van der Waals surface area contributed by atoms with Crippen LogP contribution in [-0.2, 0) is 10.0 Å². The molecular weight excluding hydrogens is 254 g/mol. The highest BCUT2D eigenvalue weighted by Gasteiger charge is 2.36. The summed E-state index contributed by atoms with van der Waals surface area (Å²) in [7, 11) is -3.04. The summed E-state index contributed by atoms with van der Waals surface area (Å²) in [5.41, 5.74) is 0. The van der Waals surface area contributed by atoms with Crippen LogP contribution in [-0.4, -0.2) is 30.0 Å². The van der Waals surface area contributed by atoms with Crippen molar-refractivity contribution in [2.45, 2.75) is 32.7 Å². The molecule has 0 aromatic rings. The topological polar surface area (TPSA) is 37.4 Å². The molecule has 3 nitrogen and oxygen atoms in total. The lowest BCUT2D eigenvalue weighted by Crippen LogP contribution is -2.36. The van der Waals surface area contributed by atoms with Crippen molar-refractivity contribution in [2.75, 3.05) is 11.2 Å². The molecule has 1 fully saturated rings.